The zero-order valence-electron chi connectivity index (χ0n) is 16.5. The summed E-state index contributed by atoms with van der Waals surface area (Å²) in [5.74, 6) is -0.0556. The van der Waals surface area contributed by atoms with Gasteiger partial charge in [0.15, 0.2) is 0 Å². The summed E-state index contributed by atoms with van der Waals surface area (Å²) in [5.41, 5.74) is 6.37. The molecule has 0 bridgehead atoms. The van der Waals surface area contributed by atoms with Crippen molar-refractivity contribution in [2.75, 3.05) is 6.61 Å². The van der Waals surface area contributed by atoms with Crippen LogP contribution in [-0.2, 0) is 11.5 Å². The molecule has 7 nitrogen and oxygen atoms in total. The standard InChI is InChI=1S/C19H27FN4O3Si/c1-5-6-16(21)19-22-17(12-23(19)13-27-9-10-28(2,3)4)15-11-14(20)7-8-18(15)24(25)26/h5,7-8,11-12,16H,1,6,9-10,13,21H2,2-4H3. The van der Waals surface area contributed by atoms with Crippen molar-refractivity contribution >= 4 is 13.8 Å². The van der Waals surface area contributed by atoms with Gasteiger partial charge in [0.1, 0.15) is 18.4 Å². The van der Waals surface area contributed by atoms with E-state index in [-0.39, 0.29) is 23.7 Å². The molecule has 0 aliphatic heterocycles. The lowest BCUT2D eigenvalue weighted by molar-refractivity contribution is -0.384. The van der Waals surface area contributed by atoms with Crippen molar-refractivity contribution in [3.63, 3.8) is 0 Å². The van der Waals surface area contributed by atoms with Crippen LogP contribution < -0.4 is 5.73 Å². The minimum Gasteiger partial charge on any atom is -0.361 e. The number of nitrogens with zero attached hydrogens (tertiary/aromatic N) is 3. The zero-order valence-corrected chi connectivity index (χ0v) is 17.5. The molecule has 1 aromatic heterocycles. The molecule has 0 saturated carbocycles. The summed E-state index contributed by atoms with van der Waals surface area (Å²) >= 11 is 0. The number of imidazole rings is 1. The molecule has 0 fully saturated rings. The Hall–Kier alpha value is -2.36. The number of ether oxygens (including phenoxy) is 1. The van der Waals surface area contributed by atoms with Gasteiger partial charge < -0.3 is 15.0 Å². The maximum atomic E-state index is 13.7. The quantitative estimate of drug-likeness (QED) is 0.206. The number of nitro benzene ring substituents is 1. The number of hydrogen-bond acceptors (Lipinski definition) is 5. The molecule has 2 rings (SSSR count). The second-order valence-corrected chi connectivity index (χ2v) is 13.5. The summed E-state index contributed by atoms with van der Waals surface area (Å²) in [5, 5.41) is 11.3. The first-order valence-electron chi connectivity index (χ1n) is 9.08. The van der Waals surface area contributed by atoms with Gasteiger partial charge >= 0.3 is 0 Å². The van der Waals surface area contributed by atoms with Crippen molar-refractivity contribution in [3.8, 4) is 11.3 Å². The van der Waals surface area contributed by atoms with Crippen molar-refractivity contribution < 1.29 is 14.1 Å². The molecule has 0 spiro atoms. The Morgan fingerprint density at radius 2 is 2.18 bits per heavy atom. The van der Waals surface area contributed by atoms with Crippen molar-refractivity contribution in [2.24, 2.45) is 5.73 Å². The summed E-state index contributed by atoms with van der Waals surface area (Å²) in [6.07, 6.45) is 3.78. The van der Waals surface area contributed by atoms with Crippen LogP contribution in [0.3, 0.4) is 0 Å². The third-order valence-electron chi connectivity index (χ3n) is 4.22. The van der Waals surface area contributed by atoms with E-state index in [4.69, 9.17) is 10.5 Å². The molecule has 0 aliphatic carbocycles. The van der Waals surface area contributed by atoms with Gasteiger partial charge in [-0.1, -0.05) is 25.7 Å². The van der Waals surface area contributed by atoms with Gasteiger partial charge in [-0.2, -0.15) is 0 Å². The number of rotatable bonds is 10. The lowest BCUT2D eigenvalue weighted by atomic mass is 10.1. The Balaban J connectivity index is 2.35. The van der Waals surface area contributed by atoms with E-state index in [2.05, 4.69) is 31.2 Å². The highest BCUT2D eigenvalue weighted by molar-refractivity contribution is 6.76. The number of aromatic nitrogens is 2. The second kappa shape index (κ2) is 9.22. The molecule has 28 heavy (non-hydrogen) atoms. The van der Waals surface area contributed by atoms with E-state index in [1.54, 1.807) is 16.8 Å². The van der Waals surface area contributed by atoms with Crippen LogP contribution in [0, 0.1) is 15.9 Å². The molecule has 0 radical (unpaired) electrons. The van der Waals surface area contributed by atoms with Crippen LogP contribution in [0.15, 0.2) is 37.1 Å². The lowest BCUT2D eigenvalue weighted by Gasteiger charge is -2.17. The van der Waals surface area contributed by atoms with Crippen LogP contribution in [-0.4, -0.2) is 29.2 Å². The zero-order chi connectivity index (χ0) is 20.9. The monoisotopic (exact) mass is 406 g/mol. The fourth-order valence-electron chi connectivity index (χ4n) is 2.66. The van der Waals surface area contributed by atoms with E-state index in [1.165, 1.54) is 0 Å². The molecule has 1 heterocycles. The molecule has 0 amide bonds. The van der Waals surface area contributed by atoms with Gasteiger partial charge in [0.25, 0.3) is 5.69 Å². The fraction of sp³-hybridized carbons (Fsp3) is 0.421. The Bertz CT molecular complexity index is 848. The molecule has 152 valence electrons. The SMILES string of the molecule is C=CCC(N)c1nc(-c2cc(F)ccc2[N+](=O)[O-])cn1COCC[Si](C)(C)C. The highest BCUT2D eigenvalue weighted by Gasteiger charge is 2.22. The van der Waals surface area contributed by atoms with E-state index in [0.717, 1.165) is 24.2 Å². The van der Waals surface area contributed by atoms with Crippen LogP contribution in [0.2, 0.25) is 25.7 Å². The van der Waals surface area contributed by atoms with Gasteiger partial charge in [0, 0.05) is 26.9 Å². The Morgan fingerprint density at radius 3 is 2.79 bits per heavy atom. The third kappa shape index (κ3) is 5.82. The fourth-order valence-corrected chi connectivity index (χ4v) is 3.41. The average Bonchev–Trinajstić information content (AvgIpc) is 3.02. The van der Waals surface area contributed by atoms with E-state index in [0.29, 0.717) is 18.9 Å². The van der Waals surface area contributed by atoms with Crippen LogP contribution in [0.25, 0.3) is 11.3 Å². The smallest absolute Gasteiger partial charge is 0.279 e. The topological polar surface area (TPSA) is 96.2 Å². The molecule has 0 aliphatic rings. The first kappa shape index (κ1) is 21.9. The maximum absolute atomic E-state index is 13.7. The van der Waals surface area contributed by atoms with Crippen LogP contribution in [0.5, 0.6) is 0 Å². The van der Waals surface area contributed by atoms with Crippen molar-refractivity contribution in [3.05, 3.63) is 58.8 Å². The number of nitro groups is 1. The summed E-state index contributed by atoms with van der Waals surface area (Å²) in [4.78, 5) is 15.2. The van der Waals surface area contributed by atoms with E-state index in [9.17, 15) is 14.5 Å². The first-order valence-corrected chi connectivity index (χ1v) is 12.8. The Morgan fingerprint density at radius 1 is 1.46 bits per heavy atom. The Labute approximate surface area is 165 Å². The van der Waals surface area contributed by atoms with Gasteiger partial charge in [-0.3, -0.25) is 10.1 Å². The minimum absolute atomic E-state index is 0.109. The van der Waals surface area contributed by atoms with Crippen LogP contribution in [0.1, 0.15) is 18.3 Å². The van der Waals surface area contributed by atoms with Crippen molar-refractivity contribution in [2.45, 2.75) is 44.9 Å². The number of nitrogens with two attached hydrogens (primary N) is 1. The van der Waals surface area contributed by atoms with Crippen LogP contribution >= 0.6 is 0 Å². The van der Waals surface area contributed by atoms with Gasteiger partial charge in [-0.25, -0.2) is 9.37 Å². The van der Waals surface area contributed by atoms with E-state index in [1.807, 2.05) is 0 Å². The predicted octanol–water partition coefficient (Wildman–Crippen LogP) is 4.49. The third-order valence-corrected chi connectivity index (χ3v) is 5.92. The summed E-state index contributed by atoms with van der Waals surface area (Å²) in [7, 11) is -1.22. The summed E-state index contributed by atoms with van der Waals surface area (Å²) in [6.45, 7) is 11.3. The van der Waals surface area contributed by atoms with Crippen molar-refractivity contribution in [1.29, 1.82) is 0 Å². The molecule has 1 unspecified atom stereocenters. The summed E-state index contributed by atoms with van der Waals surface area (Å²) in [6, 6.07) is 3.87. The normalized spacial score (nSPS) is 12.8. The van der Waals surface area contributed by atoms with Crippen molar-refractivity contribution in [1.82, 2.24) is 9.55 Å². The number of benzene rings is 1. The first-order chi connectivity index (χ1) is 13.1. The Kier molecular flexibility index (Phi) is 7.22. The molecule has 1 aromatic carbocycles. The van der Waals surface area contributed by atoms with Gasteiger partial charge in [0.2, 0.25) is 0 Å². The largest absolute Gasteiger partial charge is 0.361 e. The molecular formula is C19H27FN4O3Si. The average molecular weight is 407 g/mol. The highest BCUT2D eigenvalue weighted by Crippen LogP contribution is 2.31. The maximum Gasteiger partial charge on any atom is 0.279 e. The highest BCUT2D eigenvalue weighted by atomic mass is 28.3. The number of hydrogen-bond donors (Lipinski definition) is 1. The second-order valence-electron chi connectivity index (χ2n) is 7.85. The van der Waals surface area contributed by atoms with Gasteiger partial charge in [-0.15, -0.1) is 6.58 Å². The minimum atomic E-state index is -1.22. The molecule has 2 N–H and O–H groups in total. The van der Waals surface area contributed by atoms with Gasteiger partial charge in [0.05, 0.1) is 22.2 Å². The molecule has 2 aromatic rings. The molecule has 1 atom stereocenters. The lowest BCUT2D eigenvalue weighted by Crippen LogP contribution is -2.22. The van der Waals surface area contributed by atoms with Gasteiger partial charge in [-0.05, 0) is 24.6 Å². The van der Waals surface area contributed by atoms with Crippen LogP contribution in [0.4, 0.5) is 10.1 Å². The molecule has 9 heteroatoms. The van der Waals surface area contributed by atoms with E-state index >= 15 is 0 Å². The van der Waals surface area contributed by atoms with E-state index < -0.39 is 24.9 Å². The number of halogens is 1. The summed E-state index contributed by atoms with van der Waals surface area (Å²) < 4.78 is 21.2. The molecular weight excluding hydrogens is 379 g/mol. The predicted molar refractivity (Wildman–Crippen MR) is 110 cm³/mol. The molecule has 0 saturated heterocycles.